The third-order valence-corrected chi connectivity index (χ3v) is 4.76. The molecule has 92 valence electrons. The molecule has 0 bridgehead atoms. The summed E-state index contributed by atoms with van der Waals surface area (Å²) in [5.74, 6) is -0.994. The fourth-order valence-corrected chi connectivity index (χ4v) is 3.36. The van der Waals surface area contributed by atoms with Crippen molar-refractivity contribution in [2.45, 2.75) is 24.5 Å². The normalized spacial score (nSPS) is 24.0. The van der Waals surface area contributed by atoms with Crippen LogP contribution in [0.3, 0.4) is 0 Å². The Morgan fingerprint density at radius 3 is 2.71 bits per heavy atom. The number of ketones is 1. The van der Waals surface area contributed by atoms with Gasteiger partial charge in [-0.2, -0.15) is 0 Å². The summed E-state index contributed by atoms with van der Waals surface area (Å²) in [6, 6.07) is 1.75. The molecule has 0 saturated carbocycles. The van der Waals surface area contributed by atoms with Crippen molar-refractivity contribution in [3.8, 4) is 0 Å². The first kappa shape index (κ1) is 12.8. The number of benzene rings is 1. The van der Waals surface area contributed by atoms with Gasteiger partial charge in [0.05, 0.1) is 15.3 Å². The van der Waals surface area contributed by atoms with E-state index in [2.05, 4.69) is 0 Å². The van der Waals surface area contributed by atoms with E-state index in [4.69, 9.17) is 11.6 Å². The van der Waals surface area contributed by atoms with E-state index in [1.165, 1.54) is 11.8 Å². The fourth-order valence-electron chi connectivity index (χ4n) is 1.94. The van der Waals surface area contributed by atoms with E-state index in [1.54, 1.807) is 6.92 Å². The molecular weight excluding hydrogens is 266 g/mol. The molecule has 17 heavy (non-hydrogen) atoms. The lowest BCUT2D eigenvalue weighted by atomic mass is 9.94. The Kier molecular flexibility index (Phi) is 3.46. The predicted molar refractivity (Wildman–Crippen MR) is 65.8 cm³/mol. The molecule has 5 heteroatoms. The number of carbonyl (C=O) groups is 1. The number of rotatable bonds is 2. The third-order valence-electron chi connectivity index (χ3n) is 2.95. The maximum atomic E-state index is 13.6. The minimum Gasteiger partial charge on any atom is -0.292 e. The summed E-state index contributed by atoms with van der Waals surface area (Å²) in [5.41, 5.74) is -0.205. The van der Waals surface area contributed by atoms with Crippen LogP contribution >= 0.6 is 23.4 Å². The van der Waals surface area contributed by atoms with Gasteiger partial charge in [0.25, 0.3) is 0 Å². The highest BCUT2D eigenvalue weighted by Crippen LogP contribution is 2.40. The van der Waals surface area contributed by atoms with Gasteiger partial charge in [-0.25, -0.2) is 8.78 Å². The van der Waals surface area contributed by atoms with Crippen molar-refractivity contribution >= 4 is 29.1 Å². The van der Waals surface area contributed by atoms with Crippen LogP contribution in [0.25, 0.3) is 0 Å². The summed E-state index contributed by atoms with van der Waals surface area (Å²) in [4.78, 5) is 12.2. The summed E-state index contributed by atoms with van der Waals surface area (Å²) in [5, 5.41) is -0.303. The molecule has 1 aliphatic rings. The topological polar surface area (TPSA) is 17.1 Å². The van der Waals surface area contributed by atoms with Gasteiger partial charge in [0.1, 0.15) is 11.6 Å². The zero-order chi connectivity index (χ0) is 12.6. The van der Waals surface area contributed by atoms with Crippen molar-refractivity contribution in [2.24, 2.45) is 0 Å². The summed E-state index contributed by atoms with van der Waals surface area (Å²) >= 11 is 6.95. The lowest BCUT2D eigenvalue weighted by Crippen LogP contribution is -2.29. The molecule has 1 aromatic rings. The first-order chi connectivity index (χ1) is 7.94. The number of halogens is 3. The smallest absolute Gasteiger partial charge is 0.181 e. The summed E-state index contributed by atoms with van der Waals surface area (Å²) in [6.07, 6.45) is 1.62. The molecule has 1 aliphatic heterocycles. The zero-order valence-electron chi connectivity index (χ0n) is 9.23. The van der Waals surface area contributed by atoms with Crippen LogP contribution in [0.1, 0.15) is 30.1 Å². The van der Waals surface area contributed by atoms with Crippen LogP contribution < -0.4 is 0 Å². The number of hydrogen-bond acceptors (Lipinski definition) is 2. The number of thioether (sulfide) groups is 1. The van der Waals surface area contributed by atoms with Crippen LogP contribution in [-0.4, -0.2) is 16.3 Å². The van der Waals surface area contributed by atoms with Crippen molar-refractivity contribution in [3.63, 3.8) is 0 Å². The molecule has 1 unspecified atom stereocenters. The average molecular weight is 277 g/mol. The molecule has 0 aromatic heterocycles. The van der Waals surface area contributed by atoms with Gasteiger partial charge in [-0.15, -0.1) is 11.8 Å². The molecule has 1 saturated heterocycles. The first-order valence-electron chi connectivity index (χ1n) is 5.27. The van der Waals surface area contributed by atoms with E-state index >= 15 is 0 Å². The van der Waals surface area contributed by atoms with Crippen molar-refractivity contribution in [1.29, 1.82) is 0 Å². The number of carbonyl (C=O) groups excluding carboxylic acids is 1. The highest BCUT2D eigenvalue weighted by molar-refractivity contribution is 8.01. The minimum absolute atomic E-state index is 0.205. The highest BCUT2D eigenvalue weighted by atomic mass is 35.5. The molecule has 1 heterocycles. The quantitative estimate of drug-likeness (QED) is 0.598. The second kappa shape index (κ2) is 4.58. The molecule has 0 aliphatic carbocycles. The summed E-state index contributed by atoms with van der Waals surface area (Å²) in [7, 11) is 0. The maximum absolute atomic E-state index is 13.6. The van der Waals surface area contributed by atoms with Crippen LogP contribution in [0.4, 0.5) is 8.78 Å². The van der Waals surface area contributed by atoms with Crippen LogP contribution in [0.15, 0.2) is 12.1 Å². The maximum Gasteiger partial charge on any atom is 0.181 e. The van der Waals surface area contributed by atoms with E-state index in [1.807, 2.05) is 0 Å². The molecule has 0 radical (unpaired) electrons. The average Bonchev–Trinajstić information content (AvgIpc) is 2.71. The molecule has 2 rings (SSSR count). The molecule has 1 atom stereocenters. The molecule has 1 nitrogen and oxygen atoms in total. The van der Waals surface area contributed by atoms with Crippen molar-refractivity contribution in [1.82, 2.24) is 0 Å². The molecule has 0 N–H and O–H groups in total. The van der Waals surface area contributed by atoms with Gasteiger partial charge in [0, 0.05) is 0 Å². The Balaban J connectivity index is 2.40. The van der Waals surface area contributed by atoms with Crippen molar-refractivity contribution in [3.05, 3.63) is 34.4 Å². The molecule has 0 spiro atoms. The van der Waals surface area contributed by atoms with E-state index in [9.17, 15) is 13.6 Å². The summed E-state index contributed by atoms with van der Waals surface area (Å²) in [6.45, 7) is 1.78. The van der Waals surface area contributed by atoms with Crippen LogP contribution in [0.5, 0.6) is 0 Å². The second-order valence-corrected chi connectivity index (χ2v) is 6.26. The van der Waals surface area contributed by atoms with Gasteiger partial charge in [-0.05, 0) is 37.7 Å². The lowest BCUT2D eigenvalue weighted by molar-refractivity contribution is 0.0944. The van der Waals surface area contributed by atoms with Gasteiger partial charge in [0.2, 0.25) is 0 Å². The van der Waals surface area contributed by atoms with E-state index in [0.717, 1.165) is 24.3 Å². The van der Waals surface area contributed by atoms with E-state index in [0.29, 0.717) is 6.42 Å². The fraction of sp³-hybridized carbons (Fsp3) is 0.417. The van der Waals surface area contributed by atoms with Crippen LogP contribution in [-0.2, 0) is 0 Å². The highest BCUT2D eigenvalue weighted by Gasteiger charge is 2.39. The van der Waals surface area contributed by atoms with Gasteiger partial charge < -0.3 is 0 Å². The van der Waals surface area contributed by atoms with Crippen molar-refractivity contribution in [2.75, 3.05) is 5.75 Å². The largest absolute Gasteiger partial charge is 0.292 e. The Labute approximate surface area is 108 Å². The summed E-state index contributed by atoms with van der Waals surface area (Å²) < 4.78 is 26.3. The molecule has 1 fully saturated rings. The van der Waals surface area contributed by atoms with Crippen LogP contribution in [0, 0.1) is 11.6 Å². The third kappa shape index (κ3) is 2.33. The predicted octanol–water partition coefficient (Wildman–Crippen LogP) is 4.09. The van der Waals surface area contributed by atoms with Crippen LogP contribution in [0.2, 0.25) is 5.02 Å². The minimum atomic E-state index is -0.761. The Hall–Kier alpha value is -0.610. The van der Waals surface area contributed by atoms with Gasteiger partial charge in [-0.3, -0.25) is 4.79 Å². The second-order valence-electron chi connectivity index (χ2n) is 4.26. The van der Waals surface area contributed by atoms with Gasteiger partial charge in [0.15, 0.2) is 5.78 Å². The Bertz CT molecular complexity index is 470. The standard InChI is InChI=1S/C12H11ClF2OS/c1-12(3-2-4-17-12)11(16)7-5-10(15)8(13)6-9(7)14/h5-6H,2-4H2,1H3. The van der Waals surface area contributed by atoms with E-state index in [-0.39, 0.29) is 16.4 Å². The Morgan fingerprint density at radius 1 is 1.41 bits per heavy atom. The first-order valence-corrected chi connectivity index (χ1v) is 6.64. The molecule has 0 amide bonds. The Morgan fingerprint density at radius 2 is 2.12 bits per heavy atom. The lowest BCUT2D eigenvalue weighted by Gasteiger charge is -2.21. The zero-order valence-corrected chi connectivity index (χ0v) is 10.8. The monoisotopic (exact) mass is 276 g/mol. The molecule has 1 aromatic carbocycles. The number of Topliss-reactive ketones (excluding diaryl/α,β-unsaturated/α-hetero) is 1. The van der Waals surface area contributed by atoms with E-state index < -0.39 is 16.4 Å². The SMILES string of the molecule is CC1(C(=O)c2cc(F)c(Cl)cc2F)CCCS1. The van der Waals surface area contributed by atoms with Gasteiger partial charge >= 0.3 is 0 Å². The molecular formula is C12H11ClF2OS. The van der Waals surface area contributed by atoms with Gasteiger partial charge in [-0.1, -0.05) is 11.6 Å². The number of hydrogen-bond donors (Lipinski definition) is 0. The van der Waals surface area contributed by atoms with Crippen molar-refractivity contribution < 1.29 is 13.6 Å².